The summed E-state index contributed by atoms with van der Waals surface area (Å²) < 4.78 is 39.9. The van der Waals surface area contributed by atoms with E-state index >= 15 is 0 Å². The normalized spacial score (nSPS) is 24.8. The van der Waals surface area contributed by atoms with Crippen LogP contribution >= 0.6 is 0 Å². The quantitative estimate of drug-likeness (QED) is 0.0300. The van der Waals surface area contributed by atoms with Crippen LogP contribution in [0.1, 0.15) is 28.7 Å². The van der Waals surface area contributed by atoms with Crippen LogP contribution in [-0.2, 0) is 52.3 Å². The number of benzene rings is 4. The summed E-state index contributed by atoms with van der Waals surface area (Å²) in [6.45, 7) is -2.23. The molecule has 9 N–H and O–H groups in total. The van der Waals surface area contributed by atoms with Crippen molar-refractivity contribution in [2.45, 2.75) is 61.2 Å². The van der Waals surface area contributed by atoms with Gasteiger partial charge in [-0.1, -0.05) is 42.5 Å². The highest BCUT2D eigenvalue weighted by Crippen LogP contribution is 2.39. The molecule has 0 saturated carbocycles. The number of aliphatic hydroxyl groups excluding tert-OH is 4. The number of carbonyl (C=O) groups excluding carboxylic acids is 4. The molecule has 9 atom stereocenters. The average molecular weight is 957 g/mol. The van der Waals surface area contributed by atoms with E-state index in [0.717, 1.165) is 24.3 Å². The van der Waals surface area contributed by atoms with Crippen LogP contribution in [0.3, 0.4) is 0 Å². The van der Waals surface area contributed by atoms with Crippen molar-refractivity contribution in [3.63, 3.8) is 0 Å². The smallest absolute Gasteiger partial charge is 0.331 e. The van der Waals surface area contributed by atoms with Gasteiger partial charge in [0.05, 0.1) is 12.7 Å². The molecule has 69 heavy (non-hydrogen) atoms. The van der Waals surface area contributed by atoms with Crippen molar-refractivity contribution in [3.05, 3.63) is 138 Å². The third-order valence-corrected chi connectivity index (χ3v) is 10.5. The number of aromatic hydroxyl groups is 5. The number of hydrogen-bond acceptors (Lipinski definition) is 20. The second kappa shape index (κ2) is 23.4. The summed E-state index contributed by atoms with van der Waals surface area (Å²) in [5.74, 6) is -7.54. The SMILES string of the molecule is O=C(/C=C/c1ccc(O)c(O)c1)OCC[C@H]1O[C@@H](O[C@]2(COC(=O)/C=C/c3ccc(O)cc3)O[C@H](COC(=O)/C=C/c3ccc(O)cc3)[C@@H](O)[C@@H]2OC(=O)/C=C/c2ccc(O)cc2)[C@H](O)[C@@H](O)[C@@H]1O. The number of ether oxygens (including phenoxy) is 7. The maximum atomic E-state index is 13.5. The van der Waals surface area contributed by atoms with Crippen molar-refractivity contribution < 1.29 is 98.3 Å². The fourth-order valence-electron chi connectivity index (χ4n) is 6.81. The molecule has 20 nitrogen and oxygen atoms in total. The molecule has 2 aliphatic rings. The molecule has 4 aromatic carbocycles. The van der Waals surface area contributed by atoms with E-state index in [0.29, 0.717) is 22.3 Å². The van der Waals surface area contributed by atoms with Gasteiger partial charge in [0.25, 0.3) is 0 Å². The lowest BCUT2D eigenvalue weighted by Gasteiger charge is -2.44. The van der Waals surface area contributed by atoms with Gasteiger partial charge in [-0.25, -0.2) is 19.2 Å². The monoisotopic (exact) mass is 956 g/mol. The number of esters is 4. The van der Waals surface area contributed by atoms with Gasteiger partial charge in [-0.05, 0) is 95.1 Å². The first-order valence-electron chi connectivity index (χ1n) is 21.0. The number of rotatable bonds is 18. The van der Waals surface area contributed by atoms with Gasteiger partial charge in [-0.15, -0.1) is 0 Å². The molecule has 2 saturated heterocycles. The summed E-state index contributed by atoms with van der Waals surface area (Å²) >= 11 is 0. The van der Waals surface area contributed by atoms with Gasteiger partial charge in [-0.3, -0.25) is 0 Å². The highest BCUT2D eigenvalue weighted by Gasteiger charge is 2.62. The maximum absolute atomic E-state index is 13.5. The zero-order valence-electron chi connectivity index (χ0n) is 36.2. The number of phenols is 5. The van der Waals surface area contributed by atoms with Crippen LogP contribution in [0, 0.1) is 0 Å². The Morgan fingerprint density at radius 3 is 1.54 bits per heavy atom. The Hall–Kier alpha value is -7.56. The van der Waals surface area contributed by atoms with Gasteiger partial charge in [0.2, 0.25) is 5.79 Å². The molecule has 2 heterocycles. The molecular weight excluding hydrogens is 909 g/mol. The van der Waals surface area contributed by atoms with Gasteiger partial charge >= 0.3 is 23.9 Å². The molecule has 20 heteroatoms. The minimum absolute atomic E-state index is 0.00798. The van der Waals surface area contributed by atoms with E-state index in [2.05, 4.69) is 0 Å². The summed E-state index contributed by atoms with van der Waals surface area (Å²) in [7, 11) is 0. The van der Waals surface area contributed by atoms with Gasteiger partial charge in [0.1, 0.15) is 61.0 Å². The first-order chi connectivity index (χ1) is 33.0. The van der Waals surface area contributed by atoms with E-state index < -0.39 is 104 Å². The standard InChI is InChI=1S/C49H48O20/c50-32-12-1-28(2-13-32)8-19-40(56)64-26-38-44(60)47(67-42(58)22-10-30-5-16-34(52)17-6-30)49(68-38,27-65-41(57)20-9-29-3-14-33(51)15-4-29)69-48-46(62)45(61)43(59)37(66-48)23-24-63-39(55)21-11-31-7-18-35(53)36(54)25-31/h1-22,25,37-38,43-48,50-54,59-62H,23-24,26-27H2/b19-8+,20-9+,21-11+,22-10+/t37-,38-,43-,44-,45+,46-,47+,48+,49+/m1/s1. The van der Waals surface area contributed by atoms with Crippen LogP contribution in [-0.4, -0.2) is 144 Å². The fourth-order valence-corrected chi connectivity index (χ4v) is 6.81. The zero-order chi connectivity index (χ0) is 49.7. The van der Waals surface area contributed by atoms with Crippen molar-refractivity contribution in [1.82, 2.24) is 0 Å². The largest absolute Gasteiger partial charge is 0.508 e. The topological polar surface area (TPSA) is 315 Å². The second-order valence-corrected chi connectivity index (χ2v) is 15.5. The molecule has 0 aliphatic carbocycles. The van der Waals surface area contributed by atoms with Crippen LogP contribution in [0.5, 0.6) is 28.7 Å². The molecule has 0 unspecified atom stereocenters. The van der Waals surface area contributed by atoms with E-state index in [1.54, 1.807) is 0 Å². The first-order valence-corrected chi connectivity index (χ1v) is 21.0. The van der Waals surface area contributed by atoms with Crippen molar-refractivity contribution >= 4 is 48.2 Å². The summed E-state index contributed by atoms with van der Waals surface area (Å²) in [6.07, 6.45) is -6.09. The number of phenolic OH excluding ortho intramolecular Hbond substituents is 5. The van der Waals surface area contributed by atoms with Crippen LogP contribution in [0.25, 0.3) is 24.3 Å². The maximum Gasteiger partial charge on any atom is 0.331 e. The second-order valence-electron chi connectivity index (χ2n) is 15.5. The Balaban J connectivity index is 1.25. The molecule has 2 fully saturated rings. The fraction of sp³-hybridized carbons (Fsp3) is 0.265. The minimum atomic E-state index is -2.67. The molecule has 0 spiro atoms. The Morgan fingerprint density at radius 2 is 1.00 bits per heavy atom. The van der Waals surface area contributed by atoms with Crippen LogP contribution < -0.4 is 0 Å². The Labute approximate surface area is 393 Å². The van der Waals surface area contributed by atoms with E-state index in [1.165, 1.54) is 115 Å². The Bertz CT molecular complexity index is 2520. The highest BCUT2D eigenvalue weighted by atomic mass is 16.8. The van der Waals surface area contributed by atoms with Gasteiger partial charge in [-0.2, -0.15) is 0 Å². The lowest BCUT2D eigenvalue weighted by molar-refractivity contribution is -0.382. The summed E-state index contributed by atoms with van der Waals surface area (Å²) in [4.78, 5) is 52.1. The summed E-state index contributed by atoms with van der Waals surface area (Å²) in [6, 6.07) is 21.0. The van der Waals surface area contributed by atoms with Crippen molar-refractivity contribution in [1.29, 1.82) is 0 Å². The summed E-state index contributed by atoms with van der Waals surface area (Å²) in [5, 5.41) is 93.1. The predicted molar refractivity (Wildman–Crippen MR) is 239 cm³/mol. The molecule has 0 aromatic heterocycles. The highest BCUT2D eigenvalue weighted by molar-refractivity contribution is 5.89. The molecule has 6 rings (SSSR count). The van der Waals surface area contributed by atoms with Gasteiger partial charge in [0, 0.05) is 30.7 Å². The van der Waals surface area contributed by atoms with Crippen molar-refractivity contribution in [2.75, 3.05) is 19.8 Å². The summed E-state index contributed by atoms with van der Waals surface area (Å²) in [5.41, 5.74) is 1.76. The molecular formula is C49H48O20. The third-order valence-electron chi connectivity index (χ3n) is 10.5. The minimum Gasteiger partial charge on any atom is -0.508 e. The lowest BCUT2D eigenvalue weighted by atomic mass is 9.96. The van der Waals surface area contributed by atoms with E-state index in [-0.39, 0.29) is 29.4 Å². The predicted octanol–water partition coefficient (Wildman–Crippen LogP) is 2.58. The van der Waals surface area contributed by atoms with Crippen molar-refractivity contribution in [2.24, 2.45) is 0 Å². The van der Waals surface area contributed by atoms with Crippen LogP contribution in [0.4, 0.5) is 0 Å². The Kier molecular flexibility index (Phi) is 17.3. The molecule has 0 bridgehead atoms. The molecule has 4 aromatic rings. The van der Waals surface area contributed by atoms with E-state index in [1.807, 2.05) is 0 Å². The number of aliphatic hydroxyl groups is 4. The molecule has 364 valence electrons. The first kappa shape index (κ1) is 50.8. The molecule has 2 aliphatic heterocycles. The van der Waals surface area contributed by atoms with Gasteiger partial charge in [0.15, 0.2) is 23.9 Å². The third kappa shape index (κ3) is 14.2. The lowest BCUT2D eigenvalue weighted by Crippen LogP contribution is -2.62. The number of hydrogen-bond donors (Lipinski definition) is 9. The average Bonchev–Trinajstić information content (AvgIpc) is 3.58. The Morgan fingerprint density at radius 1 is 0.522 bits per heavy atom. The molecule has 0 amide bonds. The van der Waals surface area contributed by atoms with E-state index in [4.69, 9.17) is 33.2 Å². The van der Waals surface area contributed by atoms with Gasteiger partial charge < -0.3 is 79.1 Å². The number of carbonyl (C=O) groups is 4. The van der Waals surface area contributed by atoms with Crippen molar-refractivity contribution in [3.8, 4) is 28.7 Å². The molecule has 0 radical (unpaired) electrons. The van der Waals surface area contributed by atoms with Crippen LogP contribution in [0.15, 0.2) is 115 Å². The van der Waals surface area contributed by atoms with Crippen LogP contribution in [0.2, 0.25) is 0 Å². The van der Waals surface area contributed by atoms with E-state index in [9.17, 15) is 65.1 Å². The zero-order valence-corrected chi connectivity index (χ0v) is 36.2.